The number of nitrogens with two attached hydrogens (primary N) is 1. The molecule has 0 fully saturated rings. The molecule has 1 heterocycles. The largest absolute Gasteiger partial charge is 0.462 e. The second-order valence-corrected chi connectivity index (χ2v) is 7.21. The Balaban J connectivity index is 1.96. The molecule has 0 aliphatic heterocycles. The fourth-order valence-electron chi connectivity index (χ4n) is 1.64. The molecule has 3 N–H and O–H groups in total. The molecule has 0 aliphatic carbocycles. The van der Waals surface area contributed by atoms with E-state index in [1.54, 1.807) is 6.07 Å². The molecule has 0 bridgehead atoms. The highest BCUT2D eigenvalue weighted by molar-refractivity contribution is 8.01. The van der Waals surface area contributed by atoms with Crippen LogP contribution in [0.5, 0.6) is 0 Å². The van der Waals surface area contributed by atoms with Gasteiger partial charge in [-0.2, -0.15) is 0 Å². The minimum atomic E-state index is -0.517. The Hall–Kier alpha value is -1.84. The number of anilines is 2. The molecule has 2 rings (SSSR count). The van der Waals surface area contributed by atoms with Crippen molar-refractivity contribution in [2.75, 3.05) is 23.4 Å². The molecule has 1 amide bonds. The summed E-state index contributed by atoms with van der Waals surface area (Å²) in [6, 6.07) is 4.65. The van der Waals surface area contributed by atoms with E-state index in [4.69, 9.17) is 22.1 Å². The molecule has 0 atom stereocenters. The number of hydrogen-bond acceptors (Lipinski definition) is 8. The number of benzene rings is 1. The number of hydrogen-bond donors (Lipinski definition) is 2. The van der Waals surface area contributed by atoms with Gasteiger partial charge in [-0.1, -0.05) is 41.6 Å². The first-order valence-electron chi connectivity index (χ1n) is 6.98. The second kappa shape index (κ2) is 8.86. The third kappa shape index (κ3) is 5.36. The van der Waals surface area contributed by atoms with Crippen LogP contribution in [0.25, 0.3) is 0 Å². The average Bonchev–Trinajstić information content (AvgIpc) is 2.98. The fraction of sp³-hybridized carbons (Fsp3) is 0.286. The van der Waals surface area contributed by atoms with E-state index in [1.807, 2.05) is 6.92 Å². The summed E-state index contributed by atoms with van der Waals surface area (Å²) in [5, 5.41) is 10.8. The SMILES string of the molecule is CCCOC(=O)c1cc(NC(=O)CSc2nnc(N)s2)ccc1Cl. The number of carbonyl (C=O) groups excluding carboxylic acids is 2. The minimum absolute atomic E-state index is 0.146. The smallest absolute Gasteiger partial charge is 0.339 e. The van der Waals surface area contributed by atoms with Crippen molar-refractivity contribution < 1.29 is 14.3 Å². The Kier molecular flexibility index (Phi) is 6.83. The fourth-order valence-corrected chi connectivity index (χ4v) is 3.27. The number of nitrogens with zero attached hydrogens (tertiary/aromatic N) is 2. The number of halogens is 1. The maximum Gasteiger partial charge on any atom is 0.339 e. The van der Waals surface area contributed by atoms with Gasteiger partial charge in [0.15, 0.2) is 4.34 Å². The van der Waals surface area contributed by atoms with Gasteiger partial charge in [-0.15, -0.1) is 10.2 Å². The van der Waals surface area contributed by atoms with Gasteiger partial charge in [-0.3, -0.25) is 4.79 Å². The third-order valence-electron chi connectivity index (χ3n) is 2.66. The van der Waals surface area contributed by atoms with Gasteiger partial charge in [0.2, 0.25) is 11.0 Å². The highest BCUT2D eigenvalue weighted by Crippen LogP contribution is 2.24. The molecule has 0 spiro atoms. The predicted octanol–water partition coefficient (Wildman–Crippen LogP) is 3.07. The molecule has 1 aromatic carbocycles. The van der Waals surface area contributed by atoms with Crippen LogP contribution in [-0.2, 0) is 9.53 Å². The van der Waals surface area contributed by atoms with Crippen molar-refractivity contribution in [3.63, 3.8) is 0 Å². The summed E-state index contributed by atoms with van der Waals surface area (Å²) in [5.41, 5.74) is 6.16. The molecular weight excluding hydrogens is 372 g/mol. The van der Waals surface area contributed by atoms with Gasteiger partial charge in [-0.05, 0) is 24.6 Å². The molecule has 10 heteroatoms. The summed E-state index contributed by atoms with van der Waals surface area (Å²) in [4.78, 5) is 23.9. The van der Waals surface area contributed by atoms with Crippen LogP contribution in [0.1, 0.15) is 23.7 Å². The molecule has 0 saturated heterocycles. The number of nitrogen functional groups attached to an aromatic ring is 1. The van der Waals surface area contributed by atoms with Crippen molar-refractivity contribution in [1.82, 2.24) is 10.2 Å². The first kappa shape index (κ1) is 18.5. The Bertz CT molecular complexity index is 739. The molecule has 0 radical (unpaired) electrons. The quantitative estimate of drug-likeness (QED) is 0.556. The van der Waals surface area contributed by atoms with Gasteiger partial charge in [0.25, 0.3) is 0 Å². The summed E-state index contributed by atoms with van der Waals surface area (Å²) in [6.45, 7) is 2.21. The second-order valence-electron chi connectivity index (χ2n) is 4.57. The van der Waals surface area contributed by atoms with E-state index in [2.05, 4.69) is 15.5 Å². The van der Waals surface area contributed by atoms with Crippen molar-refractivity contribution in [3.8, 4) is 0 Å². The Labute approximate surface area is 151 Å². The van der Waals surface area contributed by atoms with Crippen molar-refractivity contribution in [2.24, 2.45) is 0 Å². The number of carbonyl (C=O) groups is 2. The number of amides is 1. The number of nitrogens with one attached hydrogen (secondary N) is 1. The van der Waals surface area contributed by atoms with Crippen LogP contribution >= 0.6 is 34.7 Å². The molecule has 1 aromatic heterocycles. The number of aromatic nitrogens is 2. The van der Waals surface area contributed by atoms with Crippen LogP contribution in [-0.4, -0.2) is 34.4 Å². The Morgan fingerprint density at radius 3 is 2.88 bits per heavy atom. The van der Waals surface area contributed by atoms with Crippen LogP contribution in [0.3, 0.4) is 0 Å². The summed E-state index contributed by atoms with van der Waals surface area (Å²) >= 11 is 8.45. The summed E-state index contributed by atoms with van der Waals surface area (Å²) in [5.74, 6) is -0.618. The minimum Gasteiger partial charge on any atom is -0.462 e. The molecular formula is C14H15ClN4O3S2. The monoisotopic (exact) mass is 386 g/mol. The Morgan fingerprint density at radius 2 is 2.21 bits per heavy atom. The topological polar surface area (TPSA) is 107 Å². The highest BCUT2D eigenvalue weighted by atomic mass is 35.5. The van der Waals surface area contributed by atoms with Crippen LogP contribution < -0.4 is 11.1 Å². The lowest BCUT2D eigenvalue weighted by Gasteiger charge is -2.09. The summed E-state index contributed by atoms with van der Waals surface area (Å²) < 4.78 is 5.67. The van der Waals surface area contributed by atoms with Crippen molar-refractivity contribution >= 4 is 57.4 Å². The van der Waals surface area contributed by atoms with Crippen LogP contribution in [0, 0.1) is 0 Å². The summed E-state index contributed by atoms with van der Waals surface area (Å²) in [6.07, 6.45) is 0.715. The number of rotatable bonds is 7. The van der Waals surface area contributed by atoms with E-state index in [0.29, 0.717) is 28.2 Å². The Morgan fingerprint density at radius 1 is 1.42 bits per heavy atom. The zero-order chi connectivity index (χ0) is 17.5. The molecule has 7 nitrogen and oxygen atoms in total. The number of ether oxygens (including phenoxy) is 1. The standard InChI is InChI=1S/C14H15ClN4O3S2/c1-2-5-22-12(21)9-6-8(3-4-10(9)15)17-11(20)7-23-14-19-18-13(16)24-14/h3-4,6H,2,5,7H2,1H3,(H2,16,18)(H,17,20). The van der Waals surface area contributed by atoms with Crippen LogP contribution in [0.4, 0.5) is 10.8 Å². The lowest BCUT2D eigenvalue weighted by Crippen LogP contribution is -2.15. The maximum atomic E-state index is 12.0. The number of esters is 1. The first-order valence-corrected chi connectivity index (χ1v) is 9.16. The van der Waals surface area contributed by atoms with Gasteiger partial charge in [0, 0.05) is 5.69 Å². The zero-order valence-electron chi connectivity index (χ0n) is 12.7. The van der Waals surface area contributed by atoms with Gasteiger partial charge < -0.3 is 15.8 Å². The van der Waals surface area contributed by atoms with Crippen molar-refractivity contribution in [2.45, 2.75) is 17.7 Å². The molecule has 128 valence electrons. The van der Waals surface area contributed by atoms with E-state index in [-0.39, 0.29) is 22.2 Å². The van der Waals surface area contributed by atoms with Crippen molar-refractivity contribution in [1.29, 1.82) is 0 Å². The van der Waals surface area contributed by atoms with E-state index in [0.717, 1.165) is 0 Å². The molecule has 2 aromatic rings. The normalized spacial score (nSPS) is 10.4. The first-order chi connectivity index (χ1) is 11.5. The molecule has 0 aliphatic rings. The average molecular weight is 387 g/mol. The van der Waals surface area contributed by atoms with E-state index < -0.39 is 5.97 Å². The molecule has 24 heavy (non-hydrogen) atoms. The molecule has 0 unspecified atom stereocenters. The van der Waals surface area contributed by atoms with Gasteiger partial charge in [0.05, 0.1) is 22.9 Å². The van der Waals surface area contributed by atoms with E-state index in [9.17, 15) is 9.59 Å². The zero-order valence-corrected chi connectivity index (χ0v) is 15.1. The summed E-state index contributed by atoms with van der Waals surface area (Å²) in [7, 11) is 0. The maximum absolute atomic E-state index is 12.0. The van der Waals surface area contributed by atoms with E-state index >= 15 is 0 Å². The van der Waals surface area contributed by atoms with Gasteiger partial charge >= 0.3 is 5.97 Å². The molecule has 0 saturated carbocycles. The van der Waals surface area contributed by atoms with Crippen molar-refractivity contribution in [3.05, 3.63) is 28.8 Å². The van der Waals surface area contributed by atoms with Crippen LogP contribution in [0.2, 0.25) is 5.02 Å². The predicted molar refractivity (Wildman–Crippen MR) is 95.7 cm³/mol. The third-order valence-corrected chi connectivity index (χ3v) is 4.87. The van der Waals surface area contributed by atoms with Gasteiger partial charge in [0.1, 0.15) is 0 Å². The van der Waals surface area contributed by atoms with Crippen LogP contribution in [0.15, 0.2) is 22.5 Å². The van der Waals surface area contributed by atoms with E-state index in [1.165, 1.54) is 35.2 Å². The highest BCUT2D eigenvalue weighted by Gasteiger charge is 2.14. The lowest BCUT2D eigenvalue weighted by molar-refractivity contribution is -0.113. The van der Waals surface area contributed by atoms with Gasteiger partial charge in [-0.25, -0.2) is 4.79 Å². The number of thioether (sulfide) groups is 1. The lowest BCUT2D eigenvalue weighted by atomic mass is 10.2.